The Bertz CT molecular complexity index is 558. The smallest absolute Gasteiger partial charge is 0.119 e. The number of aliphatic hydroxyl groups excluding tert-OH is 1. The minimum atomic E-state index is -0.619. The first kappa shape index (κ1) is 14.3. The summed E-state index contributed by atoms with van der Waals surface area (Å²) >= 11 is 0. The van der Waals surface area contributed by atoms with Crippen molar-refractivity contribution in [1.82, 2.24) is 4.98 Å². The van der Waals surface area contributed by atoms with Crippen molar-refractivity contribution < 1.29 is 9.84 Å². The van der Waals surface area contributed by atoms with E-state index in [-0.39, 0.29) is 0 Å². The van der Waals surface area contributed by atoms with Crippen molar-refractivity contribution in [2.75, 3.05) is 12.3 Å². The molecule has 0 saturated carbocycles. The first-order chi connectivity index (χ1) is 9.70. The second-order valence-electron chi connectivity index (χ2n) is 4.72. The lowest BCUT2D eigenvalue weighted by Gasteiger charge is -2.14. The van der Waals surface area contributed by atoms with Crippen LogP contribution in [0.5, 0.6) is 5.75 Å². The van der Waals surface area contributed by atoms with E-state index in [0.29, 0.717) is 18.7 Å². The molecule has 0 fully saturated rings. The molecule has 1 atom stereocenters. The highest BCUT2D eigenvalue weighted by atomic mass is 16.5. The largest absolute Gasteiger partial charge is 0.494 e. The summed E-state index contributed by atoms with van der Waals surface area (Å²) in [4.78, 5) is 4.03. The van der Waals surface area contributed by atoms with E-state index >= 15 is 0 Å². The Kier molecular flexibility index (Phi) is 4.96. The van der Waals surface area contributed by atoms with Crippen LogP contribution in [0.1, 0.15) is 30.6 Å². The molecule has 2 aromatic rings. The number of ether oxygens (including phenoxy) is 1. The highest BCUT2D eigenvalue weighted by Gasteiger charge is 2.11. The topological polar surface area (TPSA) is 68.4 Å². The fourth-order valence-corrected chi connectivity index (χ4v) is 1.97. The molecule has 2 rings (SSSR count). The fraction of sp³-hybridized carbons (Fsp3) is 0.312. The maximum Gasteiger partial charge on any atom is 0.119 e. The number of hydrogen-bond acceptors (Lipinski definition) is 4. The number of rotatable bonds is 6. The van der Waals surface area contributed by atoms with Crippen LogP contribution >= 0.6 is 0 Å². The van der Waals surface area contributed by atoms with Gasteiger partial charge >= 0.3 is 0 Å². The summed E-state index contributed by atoms with van der Waals surface area (Å²) in [6, 6.07) is 9.27. The van der Waals surface area contributed by atoms with E-state index in [1.807, 2.05) is 24.3 Å². The van der Waals surface area contributed by atoms with Gasteiger partial charge in [-0.2, -0.15) is 0 Å². The van der Waals surface area contributed by atoms with Crippen LogP contribution in [-0.2, 0) is 6.42 Å². The molecule has 1 unspecified atom stereocenters. The van der Waals surface area contributed by atoms with E-state index in [1.54, 1.807) is 18.5 Å². The summed E-state index contributed by atoms with van der Waals surface area (Å²) < 4.78 is 5.57. The molecule has 0 aliphatic rings. The minimum absolute atomic E-state index is 0.441. The lowest BCUT2D eigenvalue weighted by molar-refractivity contribution is 0.178. The third-order valence-corrected chi connectivity index (χ3v) is 3.07. The van der Waals surface area contributed by atoms with Crippen molar-refractivity contribution in [2.24, 2.45) is 0 Å². The molecule has 1 aromatic carbocycles. The SMILES string of the molecule is CCCOc1cccc(C(O)Cc2cnccc2N)c1. The summed E-state index contributed by atoms with van der Waals surface area (Å²) in [5.74, 6) is 0.780. The van der Waals surface area contributed by atoms with Gasteiger partial charge in [0.1, 0.15) is 5.75 Å². The first-order valence-electron chi connectivity index (χ1n) is 6.80. The van der Waals surface area contributed by atoms with Crippen LogP contribution < -0.4 is 10.5 Å². The Morgan fingerprint density at radius 3 is 2.95 bits per heavy atom. The van der Waals surface area contributed by atoms with Gasteiger partial charge in [0.25, 0.3) is 0 Å². The van der Waals surface area contributed by atoms with Crippen LogP contribution in [-0.4, -0.2) is 16.7 Å². The van der Waals surface area contributed by atoms with Gasteiger partial charge in [-0.3, -0.25) is 4.98 Å². The van der Waals surface area contributed by atoms with Gasteiger partial charge in [0.2, 0.25) is 0 Å². The molecule has 0 aliphatic carbocycles. The molecular formula is C16H20N2O2. The number of aliphatic hydroxyl groups is 1. The van der Waals surface area contributed by atoms with Gasteiger partial charge in [0.05, 0.1) is 12.7 Å². The predicted molar refractivity (Wildman–Crippen MR) is 79.5 cm³/mol. The molecule has 4 heteroatoms. The number of pyridine rings is 1. The second-order valence-corrected chi connectivity index (χ2v) is 4.72. The Hall–Kier alpha value is -2.07. The molecule has 1 aromatic heterocycles. The zero-order chi connectivity index (χ0) is 14.4. The molecule has 0 saturated heterocycles. The molecule has 1 heterocycles. The molecule has 4 nitrogen and oxygen atoms in total. The average Bonchev–Trinajstić information content (AvgIpc) is 2.48. The molecule has 106 valence electrons. The van der Waals surface area contributed by atoms with Crippen LogP contribution in [0.15, 0.2) is 42.7 Å². The number of nitrogens with two attached hydrogens (primary N) is 1. The highest BCUT2D eigenvalue weighted by molar-refractivity contribution is 5.45. The number of anilines is 1. The Balaban J connectivity index is 2.09. The van der Waals surface area contributed by atoms with Crippen LogP contribution in [0.2, 0.25) is 0 Å². The van der Waals surface area contributed by atoms with E-state index in [4.69, 9.17) is 10.5 Å². The third-order valence-electron chi connectivity index (χ3n) is 3.07. The monoisotopic (exact) mass is 272 g/mol. The van der Waals surface area contributed by atoms with Crippen molar-refractivity contribution in [3.8, 4) is 5.75 Å². The standard InChI is InChI=1S/C16H20N2O2/c1-2-8-20-14-5-3-4-12(9-14)16(19)10-13-11-18-7-6-15(13)17/h3-7,9,11,16,19H,2,8,10H2,1H3,(H2,17,18). The summed E-state index contributed by atoms with van der Waals surface area (Å²) in [5, 5.41) is 10.3. The van der Waals surface area contributed by atoms with Gasteiger partial charge in [-0.05, 0) is 35.7 Å². The van der Waals surface area contributed by atoms with Crippen LogP contribution in [0.4, 0.5) is 5.69 Å². The van der Waals surface area contributed by atoms with E-state index in [2.05, 4.69) is 11.9 Å². The number of nitrogen functional groups attached to an aromatic ring is 1. The zero-order valence-electron chi connectivity index (χ0n) is 11.6. The lowest BCUT2D eigenvalue weighted by atomic mass is 10.0. The summed E-state index contributed by atoms with van der Waals surface area (Å²) in [6.45, 7) is 2.74. The Labute approximate surface area is 119 Å². The second kappa shape index (κ2) is 6.91. The van der Waals surface area contributed by atoms with Gasteiger partial charge < -0.3 is 15.6 Å². The zero-order valence-corrected chi connectivity index (χ0v) is 11.6. The molecule has 0 spiro atoms. The fourth-order valence-electron chi connectivity index (χ4n) is 1.97. The van der Waals surface area contributed by atoms with Crippen molar-refractivity contribution in [1.29, 1.82) is 0 Å². The van der Waals surface area contributed by atoms with Crippen LogP contribution in [0.25, 0.3) is 0 Å². The summed E-state index contributed by atoms with van der Waals surface area (Å²) in [7, 11) is 0. The van der Waals surface area contributed by atoms with Crippen molar-refractivity contribution in [3.05, 3.63) is 53.9 Å². The number of nitrogens with zero attached hydrogens (tertiary/aromatic N) is 1. The van der Waals surface area contributed by atoms with Gasteiger partial charge in [-0.25, -0.2) is 0 Å². The highest BCUT2D eigenvalue weighted by Crippen LogP contribution is 2.24. The average molecular weight is 272 g/mol. The number of benzene rings is 1. The molecule has 20 heavy (non-hydrogen) atoms. The maximum absolute atomic E-state index is 10.3. The molecule has 0 aliphatic heterocycles. The van der Waals surface area contributed by atoms with Crippen LogP contribution in [0, 0.1) is 0 Å². The third kappa shape index (κ3) is 3.71. The molecular weight excluding hydrogens is 252 g/mol. The minimum Gasteiger partial charge on any atom is -0.494 e. The lowest BCUT2D eigenvalue weighted by Crippen LogP contribution is -2.05. The molecule has 0 radical (unpaired) electrons. The predicted octanol–water partition coefficient (Wildman–Crippen LogP) is 2.73. The number of aromatic nitrogens is 1. The summed E-state index contributed by atoms with van der Waals surface area (Å²) in [5.41, 5.74) is 8.19. The van der Waals surface area contributed by atoms with E-state index in [9.17, 15) is 5.11 Å². The van der Waals surface area contributed by atoms with Gasteiger partial charge in [-0.15, -0.1) is 0 Å². The van der Waals surface area contributed by atoms with Gasteiger partial charge in [0.15, 0.2) is 0 Å². The van der Waals surface area contributed by atoms with Gasteiger partial charge in [-0.1, -0.05) is 19.1 Å². The Morgan fingerprint density at radius 1 is 1.35 bits per heavy atom. The Morgan fingerprint density at radius 2 is 2.20 bits per heavy atom. The van der Waals surface area contributed by atoms with Gasteiger partial charge in [0, 0.05) is 24.5 Å². The molecule has 0 bridgehead atoms. The molecule has 3 N–H and O–H groups in total. The maximum atomic E-state index is 10.3. The summed E-state index contributed by atoms with van der Waals surface area (Å²) in [6.07, 6.45) is 4.11. The molecule has 0 amide bonds. The van der Waals surface area contributed by atoms with E-state index < -0.39 is 6.10 Å². The van der Waals surface area contributed by atoms with E-state index in [0.717, 1.165) is 23.3 Å². The number of hydrogen-bond donors (Lipinski definition) is 2. The van der Waals surface area contributed by atoms with E-state index in [1.165, 1.54) is 0 Å². The quantitative estimate of drug-likeness (QED) is 0.848. The van der Waals surface area contributed by atoms with Crippen molar-refractivity contribution in [3.63, 3.8) is 0 Å². The first-order valence-corrected chi connectivity index (χ1v) is 6.80. The van der Waals surface area contributed by atoms with Crippen molar-refractivity contribution in [2.45, 2.75) is 25.9 Å². The van der Waals surface area contributed by atoms with Crippen molar-refractivity contribution >= 4 is 5.69 Å². The normalized spacial score (nSPS) is 12.1. The van der Waals surface area contributed by atoms with Crippen LogP contribution in [0.3, 0.4) is 0 Å².